The molecule has 6 nitrogen and oxygen atoms in total. The van der Waals surface area contributed by atoms with Crippen molar-refractivity contribution in [1.29, 1.82) is 0 Å². The van der Waals surface area contributed by atoms with Crippen LogP contribution in [0.3, 0.4) is 0 Å². The third-order valence-corrected chi connectivity index (χ3v) is 4.32. The van der Waals surface area contributed by atoms with Gasteiger partial charge in [-0.25, -0.2) is 4.79 Å². The Balaban J connectivity index is 1.82. The smallest absolute Gasteiger partial charge is 0.319 e. The third kappa shape index (κ3) is 3.42. The van der Waals surface area contributed by atoms with Gasteiger partial charge >= 0.3 is 6.03 Å². The van der Waals surface area contributed by atoms with Gasteiger partial charge in [-0.1, -0.05) is 0 Å². The lowest BCUT2D eigenvalue weighted by molar-refractivity contribution is -0.128. The molecule has 1 aliphatic heterocycles. The number of amides is 3. The van der Waals surface area contributed by atoms with E-state index in [-0.39, 0.29) is 17.9 Å². The molecule has 6 heteroatoms. The highest BCUT2D eigenvalue weighted by Gasteiger charge is 2.36. The molecule has 0 radical (unpaired) electrons. The molecule has 2 N–H and O–H groups in total. The van der Waals surface area contributed by atoms with Crippen molar-refractivity contribution in [2.24, 2.45) is 5.92 Å². The first-order chi connectivity index (χ1) is 9.41. The summed E-state index contributed by atoms with van der Waals surface area (Å²) >= 11 is 0. The Morgan fingerprint density at radius 1 is 1.35 bits per heavy atom. The number of urea groups is 1. The van der Waals surface area contributed by atoms with Crippen molar-refractivity contribution in [3.63, 3.8) is 0 Å². The molecule has 1 saturated carbocycles. The molecule has 2 rings (SSSR count). The van der Waals surface area contributed by atoms with E-state index in [1.54, 1.807) is 19.0 Å². The second kappa shape index (κ2) is 5.99. The SMILES string of the molecule is CN(C)C(=O)N1CCCC(C(=O)NCC2(O)CCC2)C1. The number of hydrogen-bond donors (Lipinski definition) is 2. The lowest BCUT2D eigenvalue weighted by Crippen LogP contribution is -2.52. The van der Waals surface area contributed by atoms with Crippen molar-refractivity contribution in [3.05, 3.63) is 0 Å². The van der Waals surface area contributed by atoms with Crippen LogP contribution in [0, 0.1) is 5.92 Å². The van der Waals surface area contributed by atoms with Crippen molar-refractivity contribution < 1.29 is 14.7 Å². The van der Waals surface area contributed by atoms with E-state index >= 15 is 0 Å². The summed E-state index contributed by atoms with van der Waals surface area (Å²) in [4.78, 5) is 27.3. The molecule has 1 atom stereocenters. The number of rotatable bonds is 3. The van der Waals surface area contributed by atoms with Gasteiger partial charge in [-0.15, -0.1) is 0 Å². The number of aliphatic hydroxyl groups is 1. The average Bonchev–Trinajstić information content (AvgIpc) is 2.41. The second-order valence-corrected chi connectivity index (χ2v) is 6.26. The van der Waals surface area contributed by atoms with Crippen molar-refractivity contribution in [2.45, 2.75) is 37.7 Å². The van der Waals surface area contributed by atoms with Gasteiger partial charge in [0, 0.05) is 33.7 Å². The molecular formula is C14H25N3O3. The lowest BCUT2D eigenvalue weighted by atomic mass is 9.80. The number of hydrogen-bond acceptors (Lipinski definition) is 3. The highest BCUT2D eigenvalue weighted by atomic mass is 16.3. The first kappa shape index (κ1) is 15.1. The van der Waals surface area contributed by atoms with Gasteiger partial charge in [0.15, 0.2) is 0 Å². The fourth-order valence-electron chi connectivity index (χ4n) is 2.81. The molecule has 0 aromatic rings. The van der Waals surface area contributed by atoms with Gasteiger partial charge in [-0.3, -0.25) is 4.79 Å². The molecule has 0 spiro atoms. The minimum absolute atomic E-state index is 0.0402. The molecule has 1 heterocycles. The number of nitrogens with one attached hydrogen (secondary N) is 1. The number of piperidine rings is 1. The van der Waals surface area contributed by atoms with Crippen molar-refractivity contribution >= 4 is 11.9 Å². The van der Waals surface area contributed by atoms with Gasteiger partial charge in [0.1, 0.15) is 0 Å². The summed E-state index contributed by atoms with van der Waals surface area (Å²) in [7, 11) is 3.44. The summed E-state index contributed by atoms with van der Waals surface area (Å²) in [6.07, 6.45) is 4.22. The molecule has 3 amide bonds. The second-order valence-electron chi connectivity index (χ2n) is 6.26. The van der Waals surface area contributed by atoms with Gasteiger partial charge in [0.05, 0.1) is 11.5 Å². The maximum absolute atomic E-state index is 12.1. The van der Waals surface area contributed by atoms with E-state index in [2.05, 4.69) is 5.32 Å². The molecule has 114 valence electrons. The predicted octanol–water partition coefficient (Wildman–Crippen LogP) is 0.411. The molecule has 2 aliphatic rings. The number of nitrogens with zero attached hydrogens (tertiary/aromatic N) is 2. The van der Waals surface area contributed by atoms with Crippen LogP contribution >= 0.6 is 0 Å². The average molecular weight is 283 g/mol. The topological polar surface area (TPSA) is 72.9 Å². The minimum atomic E-state index is -0.691. The van der Waals surface area contributed by atoms with Gasteiger partial charge < -0.3 is 20.2 Å². The van der Waals surface area contributed by atoms with Crippen molar-refractivity contribution in [2.75, 3.05) is 33.7 Å². The summed E-state index contributed by atoms with van der Waals surface area (Å²) in [5.41, 5.74) is -0.691. The van der Waals surface area contributed by atoms with Crippen LogP contribution in [0.25, 0.3) is 0 Å². The van der Waals surface area contributed by atoms with Crippen LogP contribution in [0.2, 0.25) is 0 Å². The molecule has 1 saturated heterocycles. The maximum Gasteiger partial charge on any atom is 0.319 e. The van der Waals surface area contributed by atoms with Crippen LogP contribution < -0.4 is 5.32 Å². The zero-order valence-corrected chi connectivity index (χ0v) is 12.4. The van der Waals surface area contributed by atoms with Crippen LogP contribution in [-0.4, -0.2) is 66.2 Å². The highest BCUT2D eigenvalue weighted by Crippen LogP contribution is 2.30. The Bertz CT molecular complexity index is 380. The molecule has 20 heavy (non-hydrogen) atoms. The normalized spacial score (nSPS) is 24.8. The van der Waals surface area contributed by atoms with E-state index in [9.17, 15) is 14.7 Å². The Hall–Kier alpha value is -1.30. The standard InChI is InChI=1S/C14H25N3O3/c1-16(2)13(19)17-8-3-5-11(9-17)12(18)15-10-14(20)6-4-7-14/h11,20H,3-10H2,1-2H3,(H,15,18). The van der Waals surface area contributed by atoms with E-state index < -0.39 is 5.60 Å². The monoisotopic (exact) mass is 283 g/mol. The van der Waals surface area contributed by atoms with Gasteiger partial charge in [-0.2, -0.15) is 0 Å². The third-order valence-electron chi connectivity index (χ3n) is 4.32. The summed E-state index contributed by atoms with van der Waals surface area (Å²) in [5.74, 6) is -0.196. The minimum Gasteiger partial charge on any atom is -0.388 e. The van der Waals surface area contributed by atoms with E-state index in [1.807, 2.05) is 0 Å². The summed E-state index contributed by atoms with van der Waals surface area (Å²) in [6, 6.07) is -0.0416. The fourth-order valence-corrected chi connectivity index (χ4v) is 2.81. The number of carbonyl (C=O) groups excluding carboxylic acids is 2. The van der Waals surface area contributed by atoms with Crippen LogP contribution in [0.1, 0.15) is 32.1 Å². The molecule has 0 bridgehead atoms. The number of carbonyl (C=O) groups is 2. The molecule has 1 aliphatic carbocycles. The largest absolute Gasteiger partial charge is 0.388 e. The van der Waals surface area contributed by atoms with E-state index in [4.69, 9.17) is 0 Å². The Labute approximate surface area is 120 Å². The summed E-state index contributed by atoms with van der Waals surface area (Å²) in [6.45, 7) is 1.52. The van der Waals surface area contributed by atoms with Gasteiger partial charge in [-0.05, 0) is 32.1 Å². The van der Waals surface area contributed by atoms with E-state index in [0.29, 0.717) is 19.6 Å². The first-order valence-corrected chi connectivity index (χ1v) is 7.38. The van der Waals surface area contributed by atoms with Crippen LogP contribution in [-0.2, 0) is 4.79 Å². The first-order valence-electron chi connectivity index (χ1n) is 7.38. The van der Waals surface area contributed by atoms with E-state index in [0.717, 1.165) is 32.1 Å². The summed E-state index contributed by atoms with van der Waals surface area (Å²) < 4.78 is 0. The fraction of sp³-hybridized carbons (Fsp3) is 0.857. The Kier molecular flexibility index (Phi) is 4.52. The number of likely N-dealkylation sites (tertiary alicyclic amines) is 1. The maximum atomic E-state index is 12.1. The van der Waals surface area contributed by atoms with Crippen LogP contribution in [0.4, 0.5) is 4.79 Å². The highest BCUT2D eigenvalue weighted by molar-refractivity contribution is 5.80. The van der Waals surface area contributed by atoms with Crippen LogP contribution in [0.5, 0.6) is 0 Å². The quantitative estimate of drug-likeness (QED) is 0.788. The van der Waals surface area contributed by atoms with Gasteiger partial charge in [0.25, 0.3) is 0 Å². The van der Waals surface area contributed by atoms with Crippen LogP contribution in [0.15, 0.2) is 0 Å². The molecule has 0 aromatic carbocycles. The molecule has 2 fully saturated rings. The molecular weight excluding hydrogens is 258 g/mol. The zero-order chi connectivity index (χ0) is 14.8. The molecule has 1 unspecified atom stereocenters. The summed E-state index contributed by atoms with van der Waals surface area (Å²) in [5, 5.41) is 12.8. The van der Waals surface area contributed by atoms with Gasteiger partial charge in [0.2, 0.25) is 5.91 Å². The Morgan fingerprint density at radius 3 is 2.60 bits per heavy atom. The van der Waals surface area contributed by atoms with Crippen molar-refractivity contribution in [3.8, 4) is 0 Å². The lowest BCUT2D eigenvalue weighted by Gasteiger charge is -2.38. The van der Waals surface area contributed by atoms with Crippen molar-refractivity contribution in [1.82, 2.24) is 15.1 Å². The zero-order valence-electron chi connectivity index (χ0n) is 12.4. The molecule has 0 aromatic heterocycles. The Morgan fingerprint density at radius 2 is 2.05 bits per heavy atom. The predicted molar refractivity (Wildman–Crippen MR) is 75.2 cm³/mol. The van der Waals surface area contributed by atoms with E-state index in [1.165, 1.54) is 4.90 Å².